The second kappa shape index (κ2) is 6.06. The third-order valence-corrected chi connectivity index (χ3v) is 3.86. The van der Waals surface area contributed by atoms with Gasteiger partial charge < -0.3 is 5.32 Å². The van der Waals surface area contributed by atoms with Crippen LogP contribution in [0.3, 0.4) is 0 Å². The van der Waals surface area contributed by atoms with E-state index in [-0.39, 0.29) is 12.0 Å². The minimum atomic E-state index is -4.13. The topological polar surface area (TPSA) is 15.3 Å². The van der Waals surface area contributed by atoms with E-state index in [4.69, 9.17) is 0 Å². The lowest BCUT2D eigenvalue weighted by Crippen LogP contribution is -2.39. The Hall–Kier alpha value is -0.550. The third kappa shape index (κ3) is 3.99. The lowest BCUT2D eigenvalue weighted by atomic mass is 10.0. The normalized spacial score (nSPS) is 27.1. The molecule has 0 aliphatic carbocycles. The monoisotopic (exact) mass is 262 g/mol. The van der Waals surface area contributed by atoms with E-state index in [9.17, 15) is 13.2 Å². The fourth-order valence-electron chi connectivity index (χ4n) is 2.68. The summed E-state index contributed by atoms with van der Waals surface area (Å²) in [5.41, 5.74) is -0.352. The first-order chi connectivity index (χ1) is 8.55. The average Bonchev–Trinajstić information content (AvgIpc) is 2.37. The lowest BCUT2D eigenvalue weighted by molar-refractivity contribution is -0.0960. The van der Waals surface area contributed by atoms with Crippen molar-refractivity contribution >= 4 is 0 Å². The fraction of sp³-hybridized carbons (Fsp3) is 0.846. The summed E-state index contributed by atoms with van der Waals surface area (Å²) < 4.78 is 37.3. The van der Waals surface area contributed by atoms with Crippen LogP contribution in [0.1, 0.15) is 32.1 Å². The van der Waals surface area contributed by atoms with E-state index in [1.165, 1.54) is 25.3 Å². The van der Waals surface area contributed by atoms with Gasteiger partial charge in [-0.2, -0.15) is 13.2 Å². The van der Waals surface area contributed by atoms with Crippen molar-refractivity contribution in [1.82, 2.24) is 10.2 Å². The molecule has 2 rings (SSSR count). The second-order valence-corrected chi connectivity index (χ2v) is 5.21. The highest BCUT2D eigenvalue weighted by Gasteiger charge is 2.34. The lowest BCUT2D eigenvalue weighted by Gasteiger charge is -2.30. The number of hydrogen-bond acceptors (Lipinski definition) is 2. The molecule has 0 aromatic rings. The van der Waals surface area contributed by atoms with Gasteiger partial charge in [0, 0.05) is 24.7 Å². The van der Waals surface area contributed by atoms with Crippen molar-refractivity contribution in [3.05, 3.63) is 11.6 Å². The molecule has 18 heavy (non-hydrogen) atoms. The summed E-state index contributed by atoms with van der Waals surface area (Å²) in [5, 5.41) is 3.47. The standard InChI is InChI=1S/C13H21F3N2/c14-13(15,16)11-4-8-18(9-5-11)10-6-12-3-1-2-7-17-12/h4,12,17H,1-3,5-10H2. The molecule has 0 radical (unpaired) electrons. The Labute approximate surface area is 106 Å². The zero-order valence-electron chi connectivity index (χ0n) is 10.6. The number of halogens is 3. The number of piperidine rings is 1. The molecule has 2 heterocycles. The van der Waals surface area contributed by atoms with Gasteiger partial charge in [0.05, 0.1) is 0 Å². The Bertz CT molecular complexity index is 293. The molecule has 0 bridgehead atoms. The highest BCUT2D eigenvalue weighted by Crippen LogP contribution is 2.30. The van der Waals surface area contributed by atoms with Crippen LogP contribution in [0, 0.1) is 0 Å². The van der Waals surface area contributed by atoms with Gasteiger partial charge in [-0.25, -0.2) is 0 Å². The first-order valence-corrected chi connectivity index (χ1v) is 6.77. The fourth-order valence-corrected chi connectivity index (χ4v) is 2.68. The Morgan fingerprint density at radius 3 is 2.72 bits per heavy atom. The minimum Gasteiger partial charge on any atom is -0.314 e. The van der Waals surface area contributed by atoms with E-state index in [0.717, 1.165) is 19.5 Å². The maximum Gasteiger partial charge on any atom is 0.412 e. The summed E-state index contributed by atoms with van der Waals surface area (Å²) in [6.45, 7) is 2.97. The summed E-state index contributed by atoms with van der Waals surface area (Å²) in [5.74, 6) is 0. The molecule has 5 heteroatoms. The van der Waals surface area contributed by atoms with Gasteiger partial charge in [-0.05, 0) is 38.8 Å². The summed E-state index contributed by atoms with van der Waals surface area (Å²) in [4.78, 5) is 2.12. The minimum absolute atomic E-state index is 0.140. The van der Waals surface area contributed by atoms with E-state index >= 15 is 0 Å². The second-order valence-electron chi connectivity index (χ2n) is 5.21. The number of hydrogen-bond donors (Lipinski definition) is 1. The number of alkyl halides is 3. The van der Waals surface area contributed by atoms with Gasteiger partial charge in [0.1, 0.15) is 0 Å². The molecular weight excluding hydrogens is 241 g/mol. The molecule has 104 valence electrons. The molecule has 1 unspecified atom stereocenters. The quantitative estimate of drug-likeness (QED) is 0.787. The van der Waals surface area contributed by atoms with Crippen molar-refractivity contribution < 1.29 is 13.2 Å². The molecule has 2 aliphatic rings. The Morgan fingerprint density at radius 1 is 1.33 bits per heavy atom. The van der Waals surface area contributed by atoms with Crippen molar-refractivity contribution in [1.29, 1.82) is 0 Å². The number of nitrogens with one attached hydrogen (secondary N) is 1. The van der Waals surface area contributed by atoms with Crippen molar-refractivity contribution in [2.24, 2.45) is 0 Å². The molecule has 0 aromatic carbocycles. The number of rotatable bonds is 3. The van der Waals surface area contributed by atoms with E-state index in [1.54, 1.807) is 0 Å². The van der Waals surface area contributed by atoms with Gasteiger partial charge >= 0.3 is 6.18 Å². The molecule has 0 spiro atoms. The van der Waals surface area contributed by atoms with E-state index in [2.05, 4.69) is 10.2 Å². The zero-order valence-corrected chi connectivity index (χ0v) is 10.6. The molecule has 1 saturated heterocycles. The van der Waals surface area contributed by atoms with E-state index in [0.29, 0.717) is 19.1 Å². The number of nitrogens with zero attached hydrogens (tertiary/aromatic N) is 1. The average molecular weight is 262 g/mol. The van der Waals surface area contributed by atoms with E-state index in [1.807, 2.05) is 0 Å². The van der Waals surface area contributed by atoms with Crippen LogP contribution >= 0.6 is 0 Å². The van der Waals surface area contributed by atoms with Crippen molar-refractivity contribution in [2.75, 3.05) is 26.2 Å². The van der Waals surface area contributed by atoms with Crippen LogP contribution in [0.25, 0.3) is 0 Å². The maximum atomic E-state index is 12.4. The Balaban J connectivity index is 1.71. The molecule has 1 fully saturated rings. The molecule has 2 aliphatic heterocycles. The molecular formula is C13H21F3N2. The summed E-state index contributed by atoms with van der Waals surface area (Å²) in [7, 11) is 0. The maximum absolute atomic E-state index is 12.4. The van der Waals surface area contributed by atoms with Crippen LogP contribution < -0.4 is 5.32 Å². The van der Waals surface area contributed by atoms with Crippen LogP contribution in [0.4, 0.5) is 13.2 Å². The van der Waals surface area contributed by atoms with Crippen molar-refractivity contribution in [2.45, 2.75) is 44.3 Å². The zero-order chi connectivity index (χ0) is 13.0. The predicted molar refractivity (Wildman–Crippen MR) is 65.5 cm³/mol. The first kappa shape index (κ1) is 13.9. The smallest absolute Gasteiger partial charge is 0.314 e. The van der Waals surface area contributed by atoms with Gasteiger partial charge in [-0.3, -0.25) is 4.90 Å². The summed E-state index contributed by atoms with van der Waals surface area (Å²) in [6, 6.07) is 0.562. The van der Waals surface area contributed by atoms with Gasteiger partial charge in [-0.15, -0.1) is 0 Å². The van der Waals surface area contributed by atoms with Crippen molar-refractivity contribution in [3.63, 3.8) is 0 Å². The van der Waals surface area contributed by atoms with Crippen LogP contribution in [-0.4, -0.2) is 43.3 Å². The Morgan fingerprint density at radius 2 is 2.17 bits per heavy atom. The molecule has 2 nitrogen and oxygen atoms in total. The van der Waals surface area contributed by atoms with Gasteiger partial charge in [0.2, 0.25) is 0 Å². The molecule has 1 N–H and O–H groups in total. The first-order valence-electron chi connectivity index (χ1n) is 6.77. The highest BCUT2D eigenvalue weighted by atomic mass is 19.4. The van der Waals surface area contributed by atoms with Crippen LogP contribution in [0.5, 0.6) is 0 Å². The van der Waals surface area contributed by atoms with Gasteiger partial charge in [0.15, 0.2) is 0 Å². The molecule has 0 amide bonds. The largest absolute Gasteiger partial charge is 0.412 e. The van der Waals surface area contributed by atoms with E-state index < -0.39 is 6.18 Å². The van der Waals surface area contributed by atoms with Crippen LogP contribution in [0.2, 0.25) is 0 Å². The van der Waals surface area contributed by atoms with Crippen LogP contribution in [0.15, 0.2) is 11.6 Å². The predicted octanol–water partition coefficient (Wildman–Crippen LogP) is 2.71. The molecule has 0 aromatic heterocycles. The molecule has 1 atom stereocenters. The molecule has 0 saturated carbocycles. The third-order valence-electron chi connectivity index (χ3n) is 3.86. The highest BCUT2D eigenvalue weighted by molar-refractivity contribution is 5.12. The van der Waals surface area contributed by atoms with Crippen LogP contribution in [-0.2, 0) is 0 Å². The van der Waals surface area contributed by atoms with Gasteiger partial charge in [-0.1, -0.05) is 12.5 Å². The van der Waals surface area contributed by atoms with Crippen molar-refractivity contribution in [3.8, 4) is 0 Å². The van der Waals surface area contributed by atoms with Gasteiger partial charge in [0.25, 0.3) is 0 Å². The SMILES string of the molecule is FC(F)(F)C1=CCN(CCC2CCCCN2)CC1. The summed E-state index contributed by atoms with van der Waals surface area (Å²) >= 11 is 0. The summed E-state index contributed by atoms with van der Waals surface area (Å²) in [6.07, 6.45) is 2.14. The Kier molecular flexibility index (Phi) is 4.67.